The zero-order chi connectivity index (χ0) is 18.1. The van der Waals surface area contributed by atoms with Gasteiger partial charge in [-0.25, -0.2) is 0 Å². The molecule has 2 aromatic carbocycles. The van der Waals surface area contributed by atoms with Gasteiger partial charge in [-0.3, -0.25) is 0 Å². The molecule has 2 rings (SSSR count). The molecule has 0 heterocycles. The number of rotatable bonds is 4. The molecule has 0 N–H and O–H groups in total. The molecule has 0 unspecified atom stereocenters. The second-order valence-corrected chi connectivity index (χ2v) is 7.99. The molecule has 0 atom stereocenters. The maximum absolute atomic E-state index is 9.54. The van der Waals surface area contributed by atoms with E-state index in [4.69, 9.17) is 11.6 Å². The van der Waals surface area contributed by atoms with Crippen molar-refractivity contribution in [3.05, 3.63) is 69.2 Å². The SMILES string of the molecule is CC(C)c1ccc(C(C)(C)c2cc(Cl)c(C(C)C)c(C#N)c2)cc1. The van der Waals surface area contributed by atoms with E-state index in [0.29, 0.717) is 16.5 Å². The van der Waals surface area contributed by atoms with Gasteiger partial charge in [0.1, 0.15) is 0 Å². The molecule has 0 radical (unpaired) electrons. The molecule has 0 aliphatic rings. The first-order valence-electron chi connectivity index (χ1n) is 8.53. The predicted octanol–water partition coefficient (Wildman–Crippen LogP) is 6.78. The minimum Gasteiger partial charge on any atom is -0.192 e. The number of hydrogen-bond donors (Lipinski definition) is 0. The minimum absolute atomic E-state index is 0.208. The molecule has 0 bridgehead atoms. The lowest BCUT2D eigenvalue weighted by molar-refractivity contribution is 0.638. The lowest BCUT2D eigenvalue weighted by atomic mass is 9.76. The third kappa shape index (κ3) is 3.50. The van der Waals surface area contributed by atoms with Crippen molar-refractivity contribution in [3.63, 3.8) is 0 Å². The standard InChI is InChI=1S/C22H26ClN/c1-14(2)16-7-9-18(10-8-16)22(5,6)19-11-17(13-24)21(15(3)4)20(23)12-19/h7-12,14-15H,1-6H3. The number of nitrogens with zero attached hydrogens (tertiary/aromatic N) is 1. The number of nitriles is 1. The number of benzene rings is 2. The molecule has 0 saturated heterocycles. The van der Waals surface area contributed by atoms with Gasteiger partial charge in [-0.15, -0.1) is 0 Å². The van der Waals surface area contributed by atoms with Crippen molar-refractivity contribution in [1.82, 2.24) is 0 Å². The zero-order valence-corrected chi connectivity index (χ0v) is 16.2. The van der Waals surface area contributed by atoms with Crippen molar-refractivity contribution in [2.24, 2.45) is 0 Å². The van der Waals surface area contributed by atoms with E-state index in [1.807, 2.05) is 12.1 Å². The third-order valence-corrected chi connectivity index (χ3v) is 5.16. The summed E-state index contributed by atoms with van der Waals surface area (Å²) in [7, 11) is 0. The van der Waals surface area contributed by atoms with Crippen LogP contribution in [0.4, 0.5) is 0 Å². The Balaban J connectivity index is 2.53. The summed E-state index contributed by atoms with van der Waals surface area (Å²) in [6.07, 6.45) is 0. The van der Waals surface area contributed by atoms with Crippen LogP contribution in [0.5, 0.6) is 0 Å². The molecule has 1 nitrogen and oxygen atoms in total. The molecule has 0 aliphatic heterocycles. The van der Waals surface area contributed by atoms with Gasteiger partial charge in [-0.2, -0.15) is 5.26 Å². The van der Waals surface area contributed by atoms with Crippen molar-refractivity contribution in [2.75, 3.05) is 0 Å². The molecular weight excluding hydrogens is 314 g/mol. The quantitative estimate of drug-likeness (QED) is 0.601. The first-order valence-corrected chi connectivity index (χ1v) is 8.90. The molecule has 0 saturated carbocycles. The lowest BCUT2D eigenvalue weighted by Crippen LogP contribution is -2.19. The smallest absolute Gasteiger partial charge is 0.0995 e. The van der Waals surface area contributed by atoms with Crippen LogP contribution in [0.3, 0.4) is 0 Å². The van der Waals surface area contributed by atoms with Crippen LogP contribution in [0.25, 0.3) is 0 Å². The molecule has 126 valence electrons. The van der Waals surface area contributed by atoms with Crippen LogP contribution in [-0.4, -0.2) is 0 Å². The molecule has 0 spiro atoms. The van der Waals surface area contributed by atoms with E-state index < -0.39 is 0 Å². The fraction of sp³-hybridized carbons (Fsp3) is 0.409. The highest BCUT2D eigenvalue weighted by molar-refractivity contribution is 6.31. The van der Waals surface area contributed by atoms with Gasteiger partial charge >= 0.3 is 0 Å². The first-order chi connectivity index (χ1) is 11.2. The maximum Gasteiger partial charge on any atom is 0.0995 e. The topological polar surface area (TPSA) is 23.8 Å². The first kappa shape index (κ1) is 18.6. The summed E-state index contributed by atoms with van der Waals surface area (Å²) in [5.74, 6) is 0.752. The van der Waals surface area contributed by atoms with Crippen molar-refractivity contribution < 1.29 is 0 Å². The summed E-state index contributed by atoms with van der Waals surface area (Å²) in [5.41, 5.74) is 5.05. The van der Waals surface area contributed by atoms with Gasteiger partial charge in [0.15, 0.2) is 0 Å². The van der Waals surface area contributed by atoms with Crippen LogP contribution < -0.4 is 0 Å². The van der Waals surface area contributed by atoms with E-state index in [2.05, 4.69) is 71.9 Å². The monoisotopic (exact) mass is 339 g/mol. The van der Waals surface area contributed by atoms with Crippen molar-refractivity contribution in [3.8, 4) is 6.07 Å². The molecular formula is C22H26ClN. The van der Waals surface area contributed by atoms with Crippen LogP contribution >= 0.6 is 11.6 Å². The van der Waals surface area contributed by atoms with Gasteiger partial charge in [0.05, 0.1) is 11.6 Å². The Morgan fingerprint density at radius 3 is 1.96 bits per heavy atom. The number of hydrogen-bond acceptors (Lipinski definition) is 1. The Morgan fingerprint density at radius 2 is 1.50 bits per heavy atom. The van der Waals surface area contributed by atoms with Gasteiger partial charge in [-0.05, 0) is 46.2 Å². The second-order valence-electron chi connectivity index (χ2n) is 7.59. The number of halogens is 1. The van der Waals surface area contributed by atoms with Crippen LogP contribution in [0.2, 0.25) is 5.02 Å². The third-order valence-electron chi connectivity index (χ3n) is 4.85. The predicted molar refractivity (Wildman–Crippen MR) is 103 cm³/mol. The molecule has 0 fully saturated rings. The molecule has 24 heavy (non-hydrogen) atoms. The summed E-state index contributed by atoms with van der Waals surface area (Å²) in [5, 5.41) is 10.2. The molecule has 2 aromatic rings. The van der Waals surface area contributed by atoms with Crippen LogP contribution in [-0.2, 0) is 5.41 Å². The lowest BCUT2D eigenvalue weighted by Gasteiger charge is -2.28. The van der Waals surface area contributed by atoms with E-state index in [1.54, 1.807) is 0 Å². The molecule has 0 aromatic heterocycles. The molecule has 0 aliphatic carbocycles. The largest absolute Gasteiger partial charge is 0.192 e. The Labute approximate surface area is 151 Å². The molecule has 0 amide bonds. The van der Waals surface area contributed by atoms with Crippen molar-refractivity contribution in [1.29, 1.82) is 5.26 Å². The van der Waals surface area contributed by atoms with Crippen molar-refractivity contribution >= 4 is 11.6 Å². The fourth-order valence-electron chi connectivity index (χ4n) is 3.11. The zero-order valence-electron chi connectivity index (χ0n) is 15.4. The average Bonchev–Trinajstić information content (AvgIpc) is 2.53. The van der Waals surface area contributed by atoms with Gasteiger partial charge in [-0.1, -0.05) is 77.4 Å². The van der Waals surface area contributed by atoms with E-state index in [-0.39, 0.29) is 11.3 Å². The van der Waals surface area contributed by atoms with Crippen LogP contribution in [0, 0.1) is 11.3 Å². The summed E-state index contributed by atoms with van der Waals surface area (Å²) in [4.78, 5) is 0. The highest BCUT2D eigenvalue weighted by Gasteiger charge is 2.26. The average molecular weight is 340 g/mol. The van der Waals surface area contributed by atoms with Crippen molar-refractivity contribution in [2.45, 2.75) is 58.8 Å². The second kappa shape index (κ2) is 6.99. The van der Waals surface area contributed by atoms with Crippen LogP contribution in [0.15, 0.2) is 36.4 Å². The van der Waals surface area contributed by atoms with Crippen LogP contribution in [0.1, 0.15) is 81.2 Å². The van der Waals surface area contributed by atoms with E-state index in [1.165, 1.54) is 11.1 Å². The maximum atomic E-state index is 9.54. The summed E-state index contributed by atoms with van der Waals surface area (Å²) in [6, 6.07) is 15.1. The Kier molecular flexibility index (Phi) is 5.41. The highest BCUT2D eigenvalue weighted by atomic mass is 35.5. The summed E-state index contributed by atoms with van der Waals surface area (Å²) >= 11 is 6.52. The normalized spacial score (nSPS) is 11.8. The minimum atomic E-state index is -0.208. The summed E-state index contributed by atoms with van der Waals surface area (Å²) in [6.45, 7) is 12.9. The Morgan fingerprint density at radius 1 is 0.917 bits per heavy atom. The van der Waals surface area contributed by atoms with Gasteiger partial charge < -0.3 is 0 Å². The fourth-order valence-corrected chi connectivity index (χ4v) is 3.55. The summed E-state index contributed by atoms with van der Waals surface area (Å²) < 4.78 is 0. The van der Waals surface area contributed by atoms with E-state index in [0.717, 1.165) is 11.1 Å². The van der Waals surface area contributed by atoms with E-state index >= 15 is 0 Å². The van der Waals surface area contributed by atoms with Gasteiger partial charge in [0, 0.05) is 10.4 Å². The van der Waals surface area contributed by atoms with Gasteiger partial charge in [0.2, 0.25) is 0 Å². The highest BCUT2D eigenvalue weighted by Crippen LogP contribution is 2.37. The molecule has 2 heteroatoms. The Bertz CT molecular complexity index is 762. The van der Waals surface area contributed by atoms with E-state index in [9.17, 15) is 5.26 Å². The Hall–Kier alpha value is -1.78. The van der Waals surface area contributed by atoms with Gasteiger partial charge in [0.25, 0.3) is 0 Å².